The highest BCUT2D eigenvalue weighted by molar-refractivity contribution is 7.84. The first kappa shape index (κ1) is 15.1. The van der Waals surface area contributed by atoms with Crippen LogP contribution in [0.2, 0.25) is 0 Å². The van der Waals surface area contributed by atoms with Gasteiger partial charge in [0.05, 0.1) is 0 Å². The number of hydrogen-bond acceptors (Lipinski definition) is 3. The molecule has 2 amide bonds. The monoisotopic (exact) mass is 274 g/mol. The third-order valence-corrected chi connectivity index (χ3v) is 4.39. The number of nitrogens with zero attached hydrogens (tertiary/aromatic N) is 1. The van der Waals surface area contributed by atoms with Gasteiger partial charge in [0, 0.05) is 41.8 Å². The lowest BCUT2D eigenvalue weighted by atomic mass is 9.97. The Kier molecular flexibility index (Phi) is 4.90. The molecule has 0 aromatic carbocycles. The van der Waals surface area contributed by atoms with Crippen molar-refractivity contribution in [1.29, 1.82) is 0 Å². The second kappa shape index (κ2) is 5.82. The van der Waals surface area contributed by atoms with Crippen molar-refractivity contribution in [3.05, 3.63) is 0 Å². The Morgan fingerprint density at radius 1 is 1.50 bits per heavy atom. The fourth-order valence-corrected chi connectivity index (χ4v) is 3.01. The van der Waals surface area contributed by atoms with E-state index in [1.807, 2.05) is 13.8 Å². The average Bonchev–Trinajstić information content (AvgIpc) is 2.37. The molecule has 0 saturated carbocycles. The summed E-state index contributed by atoms with van der Waals surface area (Å²) in [7, 11) is -0.953. The maximum Gasteiger partial charge on any atom is 0.248 e. The Labute approximate surface area is 111 Å². The van der Waals surface area contributed by atoms with Gasteiger partial charge < -0.3 is 10.2 Å². The van der Waals surface area contributed by atoms with Gasteiger partial charge in [-0.2, -0.15) is 0 Å². The SMILES string of the molecule is CCC1(C)NC(=O)CCN(C(C)CS(C)=O)C1=O. The second-order valence-electron chi connectivity index (χ2n) is 5.07. The van der Waals surface area contributed by atoms with Gasteiger partial charge >= 0.3 is 0 Å². The molecule has 1 heterocycles. The topological polar surface area (TPSA) is 66.5 Å². The molecule has 0 radical (unpaired) electrons. The van der Waals surface area contributed by atoms with Gasteiger partial charge in [-0.25, -0.2) is 0 Å². The van der Waals surface area contributed by atoms with Gasteiger partial charge in [0.25, 0.3) is 0 Å². The van der Waals surface area contributed by atoms with Gasteiger partial charge in [0.1, 0.15) is 5.54 Å². The van der Waals surface area contributed by atoms with E-state index in [9.17, 15) is 13.8 Å². The predicted octanol–water partition coefficient (Wildman–Crippen LogP) is 0.271. The van der Waals surface area contributed by atoms with Crippen molar-refractivity contribution in [1.82, 2.24) is 10.2 Å². The summed E-state index contributed by atoms with van der Waals surface area (Å²) >= 11 is 0. The summed E-state index contributed by atoms with van der Waals surface area (Å²) in [5.41, 5.74) is -0.836. The van der Waals surface area contributed by atoms with Gasteiger partial charge in [-0.3, -0.25) is 13.8 Å². The molecule has 3 atom stereocenters. The molecule has 0 aromatic rings. The normalized spacial score (nSPS) is 28.6. The lowest BCUT2D eigenvalue weighted by molar-refractivity contribution is -0.139. The standard InChI is InChI=1S/C12H22N2O3S/c1-5-12(3)11(16)14(7-6-10(15)13-12)9(2)8-18(4)17/h9H,5-8H2,1-4H3,(H,13,15). The summed E-state index contributed by atoms with van der Waals surface area (Å²) in [4.78, 5) is 25.8. The molecule has 6 heteroatoms. The Hall–Kier alpha value is -0.910. The van der Waals surface area contributed by atoms with Crippen molar-refractivity contribution >= 4 is 22.6 Å². The van der Waals surface area contributed by atoms with Crippen LogP contribution in [-0.2, 0) is 20.4 Å². The van der Waals surface area contributed by atoms with Crippen LogP contribution >= 0.6 is 0 Å². The van der Waals surface area contributed by atoms with Crippen LogP contribution in [0.25, 0.3) is 0 Å². The largest absolute Gasteiger partial charge is 0.342 e. The fourth-order valence-electron chi connectivity index (χ4n) is 2.15. The molecule has 18 heavy (non-hydrogen) atoms. The minimum absolute atomic E-state index is 0.0752. The molecule has 1 aliphatic heterocycles. The number of carbonyl (C=O) groups is 2. The number of hydrogen-bond donors (Lipinski definition) is 1. The molecular weight excluding hydrogens is 252 g/mol. The van der Waals surface area contributed by atoms with Gasteiger partial charge in [-0.1, -0.05) is 6.92 Å². The number of rotatable bonds is 4. The molecule has 0 aromatic heterocycles. The van der Waals surface area contributed by atoms with Crippen molar-refractivity contribution in [3.8, 4) is 0 Å². The molecule has 0 bridgehead atoms. The highest BCUT2D eigenvalue weighted by atomic mass is 32.2. The number of nitrogens with one attached hydrogen (secondary N) is 1. The zero-order chi connectivity index (χ0) is 13.9. The van der Waals surface area contributed by atoms with E-state index in [1.54, 1.807) is 18.1 Å². The molecule has 1 fully saturated rings. The molecule has 1 aliphatic rings. The summed E-state index contributed by atoms with van der Waals surface area (Å²) in [5, 5.41) is 2.79. The van der Waals surface area contributed by atoms with Crippen LogP contribution in [0.1, 0.15) is 33.6 Å². The molecule has 1 N–H and O–H groups in total. The Morgan fingerprint density at radius 2 is 2.11 bits per heavy atom. The minimum atomic E-state index is -0.953. The first-order chi connectivity index (χ1) is 8.30. The summed E-state index contributed by atoms with van der Waals surface area (Å²) in [5.74, 6) is 0.272. The van der Waals surface area contributed by atoms with Crippen molar-refractivity contribution in [3.63, 3.8) is 0 Å². The molecule has 0 spiro atoms. The third kappa shape index (κ3) is 3.31. The molecule has 0 aliphatic carbocycles. The van der Waals surface area contributed by atoms with E-state index >= 15 is 0 Å². The third-order valence-electron chi connectivity index (χ3n) is 3.44. The Balaban J connectivity index is 2.94. The minimum Gasteiger partial charge on any atom is -0.342 e. The molecule has 5 nitrogen and oxygen atoms in total. The first-order valence-corrected chi connectivity index (χ1v) is 7.95. The van der Waals surface area contributed by atoms with Gasteiger partial charge in [-0.05, 0) is 20.3 Å². The summed E-state index contributed by atoms with van der Waals surface area (Å²) in [6, 6.07) is -0.109. The van der Waals surface area contributed by atoms with Crippen LogP contribution in [0, 0.1) is 0 Å². The Bertz CT molecular complexity index is 372. The van der Waals surface area contributed by atoms with Crippen LogP contribution < -0.4 is 5.32 Å². The van der Waals surface area contributed by atoms with Gasteiger partial charge in [0.15, 0.2) is 0 Å². The van der Waals surface area contributed by atoms with Crippen LogP contribution in [0.5, 0.6) is 0 Å². The summed E-state index contributed by atoms with van der Waals surface area (Å²) < 4.78 is 11.3. The van der Waals surface area contributed by atoms with E-state index in [-0.39, 0.29) is 17.9 Å². The second-order valence-corrected chi connectivity index (χ2v) is 6.55. The summed E-state index contributed by atoms with van der Waals surface area (Å²) in [6.07, 6.45) is 2.49. The number of carbonyl (C=O) groups excluding carboxylic acids is 2. The zero-order valence-electron chi connectivity index (χ0n) is 11.5. The van der Waals surface area contributed by atoms with Crippen molar-refractivity contribution in [2.24, 2.45) is 0 Å². The zero-order valence-corrected chi connectivity index (χ0v) is 12.3. The van der Waals surface area contributed by atoms with E-state index in [0.29, 0.717) is 25.1 Å². The molecule has 1 rings (SSSR count). The van der Waals surface area contributed by atoms with Crippen LogP contribution in [0.3, 0.4) is 0 Å². The van der Waals surface area contributed by atoms with Gasteiger partial charge in [-0.15, -0.1) is 0 Å². The van der Waals surface area contributed by atoms with E-state index in [0.717, 1.165) is 0 Å². The smallest absolute Gasteiger partial charge is 0.248 e. The maximum atomic E-state index is 12.5. The van der Waals surface area contributed by atoms with Crippen molar-refractivity contribution in [2.75, 3.05) is 18.6 Å². The highest BCUT2D eigenvalue weighted by Gasteiger charge is 2.40. The van der Waals surface area contributed by atoms with Crippen molar-refractivity contribution < 1.29 is 13.8 Å². The lowest BCUT2D eigenvalue weighted by Gasteiger charge is -2.34. The first-order valence-electron chi connectivity index (χ1n) is 6.22. The molecular formula is C12H22N2O3S. The molecule has 104 valence electrons. The highest BCUT2D eigenvalue weighted by Crippen LogP contribution is 2.19. The van der Waals surface area contributed by atoms with Crippen LogP contribution in [0.4, 0.5) is 0 Å². The quantitative estimate of drug-likeness (QED) is 0.800. The van der Waals surface area contributed by atoms with Crippen LogP contribution in [-0.4, -0.2) is 51.1 Å². The van der Waals surface area contributed by atoms with E-state index in [1.165, 1.54) is 0 Å². The van der Waals surface area contributed by atoms with Gasteiger partial charge in [0.2, 0.25) is 11.8 Å². The van der Waals surface area contributed by atoms with Crippen LogP contribution in [0.15, 0.2) is 0 Å². The lowest BCUT2D eigenvalue weighted by Crippen LogP contribution is -2.56. The average molecular weight is 274 g/mol. The molecule has 3 unspecified atom stereocenters. The van der Waals surface area contributed by atoms with E-state index in [2.05, 4.69) is 5.32 Å². The maximum absolute atomic E-state index is 12.5. The van der Waals surface area contributed by atoms with E-state index in [4.69, 9.17) is 0 Å². The predicted molar refractivity (Wildman–Crippen MR) is 71.6 cm³/mol. The van der Waals surface area contributed by atoms with E-state index < -0.39 is 16.3 Å². The molecule has 1 saturated heterocycles. The Morgan fingerprint density at radius 3 is 2.61 bits per heavy atom. The van der Waals surface area contributed by atoms with Crippen molar-refractivity contribution in [2.45, 2.75) is 45.2 Å². The number of amides is 2. The fraction of sp³-hybridized carbons (Fsp3) is 0.833. The summed E-state index contributed by atoms with van der Waals surface area (Å²) in [6.45, 7) is 5.91.